The zero-order chi connectivity index (χ0) is 53.6. The zero-order valence-corrected chi connectivity index (χ0v) is 49.2. The fraction of sp³-hybridized carbons (Fsp3) is 0.568. The smallest absolute Gasteiger partial charge is 0.194 e. The molecule has 0 bridgehead atoms. The van der Waals surface area contributed by atoms with Crippen LogP contribution in [0.5, 0.6) is 0 Å². The molecule has 6 saturated carbocycles. The van der Waals surface area contributed by atoms with E-state index in [1.165, 1.54) is 222 Å². The number of nitriles is 1. The minimum Gasteiger partial charge on any atom is -0.309 e. The third-order valence-electron chi connectivity index (χ3n) is 24.4. The molecule has 3 nitrogen and oxygen atoms in total. The molecular formula is C74H85N3. The topological polar surface area (TPSA) is 32.6 Å². The third-order valence-corrected chi connectivity index (χ3v) is 24.4. The van der Waals surface area contributed by atoms with Crippen molar-refractivity contribution in [3.63, 3.8) is 0 Å². The normalized spacial score (nSPS) is 22.9. The van der Waals surface area contributed by atoms with Crippen molar-refractivity contribution in [1.29, 1.82) is 5.26 Å². The number of aromatic nitrogens is 1. The van der Waals surface area contributed by atoms with Crippen LogP contribution in [0.2, 0.25) is 0 Å². The molecule has 7 aromatic rings. The number of fused-ring (bicyclic) bond motifs is 22. The van der Waals surface area contributed by atoms with Gasteiger partial charge in [0, 0.05) is 37.9 Å². The standard InChI is InChI=1S/C74H85N3/c1-65(2,3)45-22-24-49-47(39-45)56-60-54(38-44(43-75)62(56)73(49)69(26-14-15-27-69)34-35-70(73)28-16-17-29-70)77-55-42-53(76-13)63-57(61(55)59-52(68(10,11)12)41-51(67(7,8)9)58(60)64(59)77)48-40-46(66(4,5)6)23-25-50(48)74(63)71(30-18-19-31-71)36-37-72(74)32-20-21-33-72/h22-25,38-42H,14-21,26-37H2,1-12H3. The van der Waals surface area contributed by atoms with Crippen LogP contribution in [0.1, 0.15) is 262 Å². The summed E-state index contributed by atoms with van der Waals surface area (Å²) < 4.78 is 2.68. The van der Waals surface area contributed by atoms with Crippen molar-refractivity contribution < 1.29 is 0 Å². The second-order valence-corrected chi connectivity index (χ2v) is 31.7. The first-order valence-electron chi connectivity index (χ1n) is 31.0. The van der Waals surface area contributed by atoms with Crippen molar-refractivity contribution in [2.75, 3.05) is 0 Å². The van der Waals surface area contributed by atoms with E-state index in [0.717, 1.165) is 11.3 Å². The molecule has 396 valence electrons. The summed E-state index contributed by atoms with van der Waals surface area (Å²) in [5.74, 6) is 0. The predicted octanol–water partition coefficient (Wildman–Crippen LogP) is 20.8. The Balaban J connectivity index is 1.20. The molecule has 0 aliphatic heterocycles. The maximum absolute atomic E-state index is 12.2. The second kappa shape index (κ2) is 15.0. The van der Waals surface area contributed by atoms with Gasteiger partial charge in [0.2, 0.25) is 0 Å². The molecule has 0 N–H and O–H groups in total. The number of rotatable bonds is 0. The maximum atomic E-state index is 12.2. The van der Waals surface area contributed by atoms with E-state index in [-0.39, 0.29) is 54.1 Å². The van der Waals surface area contributed by atoms with Crippen molar-refractivity contribution in [1.82, 2.24) is 4.40 Å². The summed E-state index contributed by atoms with van der Waals surface area (Å²) in [6.07, 6.45) is 25.4. The summed E-state index contributed by atoms with van der Waals surface area (Å²) in [4.78, 5) is 4.89. The predicted molar refractivity (Wildman–Crippen MR) is 321 cm³/mol. The summed E-state index contributed by atoms with van der Waals surface area (Å²) in [6.45, 7) is 38.7. The van der Waals surface area contributed by atoms with E-state index >= 15 is 0 Å². The fourth-order valence-electron chi connectivity index (χ4n) is 21.7. The molecule has 0 atom stereocenters. The van der Waals surface area contributed by atoms with Crippen LogP contribution < -0.4 is 0 Å². The molecule has 0 unspecified atom stereocenters. The van der Waals surface area contributed by atoms with E-state index in [0.29, 0.717) is 0 Å². The Morgan fingerprint density at radius 3 is 1.19 bits per heavy atom. The summed E-state index contributed by atoms with van der Waals surface area (Å²) in [5, 5.41) is 17.8. The fourth-order valence-corrected chi connectivity index (χ4v) is 21.7. The Labute approximate surface area is 461 Å². The van der Waals surface area contributed by atoms with Gasteiger partial charge in [0.05, 0.1) is 29.2 Å². The molecule has 0 saturated heterocycles. The molecule has 15 rings (SSSR count). The Bertz CT molecular complexity index is 3540. The first kappa shape index (κ1) is 49.0. The van der Waals surface area contributed by atoms with Gasteiger partial charge >= 0.3 is 0 Å². The van der Waals surface area contributed by atoms with Gasteiger partial charge in [0.15, 0.2) is 5.69 Å². The number of hydrogen-bond acceptors (Lipinski definition) is 1. The number of nitrogens with zero attached hydrogens (tertiary/aromatic N) is 3. The van der Waals surface area contributed by atoms with E-state index in [1.54, 1.807) is 11.1 Å². The Hall–Kier alpha value is -5.12. The van der Waals surface area contributed by atoms with Gasteiger partial charge < -0.3 is 4.40 Å². The second-order valence-electron chi connectivity index (χ2n) is 31.7. The van der Waals surface area contributed by atoms with Crippen LogP contribution >= 0.6 is 0 Å². The Morgan fingerprint density at radius 2 is 0.831 bits per heavy atom. The quantitative estimate of drug-likeness (QED) is 0.139. The summed E-state index contributed by atoms with van der Waals surface area (Å²) in [6, 6.07) is 26.3. The molecule has 2 aromatic heterocycles. The first-order valence-corrected chi connectivity index (χ1v) is 31.0. The van der Waals surface area contributed by atoms with Crippen LogP contribution in [0.3, 0.4) is 0 Å². The Morgan fingerprint density at radius 1 is 0.455 bits per heavy atom. The van der Waals surface area contributed by atoms with Gasteiger partial charge in [-0.15, -0.1) is 0 Å². The largest absolute Gasteiger partial charge is 0.309 e. The maximum Gasteiger partial charge on any atom is 0.194 e. The highest BCUT2D eigenvalue weighted by Crippen LogP contribution is 2.82. The lowest BCUT2D eigenvalue weighted by Gasteiger charge is -2.53. The van der Waals surface area contributed by atoms with Gasteiger partial charge in [-0.2, -0.15) is 5.26 Å². The summed E-state index contributed by atoms with van der Waals surface area (Å²) in [7, 11) is 0. The highest BCUT2D eigenvalue weighted by atomic mass is 14.9. The zero-order valence-electron chi connectivity index (χ0n) is 49.2. The number of benzene rings is 5. The Kier molecular flexibility index (Phi) is 9.54. The van der Waals surface area contributed by atoms with E-state index in [1.807, 2.05) is 0 Å². The van der Waals surface area contributed by atoms with Gasteiger partial charge in [0.25, 0.3) is 0 Å². The lowest BCUT2D eigenvalue weighted by atomic mass is 9.50. The van der Waals surface area contributed by atoms with Crippen LogP contribution in [0, 0.1) is 39.6 Å². The average molecular weight is 1020 g/mol. The van der Waals surface area contributed by atoms with E-state index in [2.05, 4.69) is 148 Å². The van der Waals surface area contributed by atoms with Crippen LogP contribution in [0.15, 0.2) is 54.6 Å². The first-order chi connectivity index (χ1) is 36.5. The van der Waals surface area contributed by atoms with Gasteiger partial charge in [-0.1, -0.05) is 177 Å². The molecular weight excluding hydrogens is 931 g/mol. The lowest BCUT2D eigenvalue weighted by molar-refractivity contribution is 0.0975. The van der Waals surface area contributed by atoms with Crippen LogP contribution in [0.4, 0.5) is 5.69 Å². The summed E-state index contributed by atoms with van der Waals surface area (Å²) >= 11 is 0. The van der Waals surface area contributed by atoms with E-state index in [4.69, 9.17) is 4.85 Å². The lowest BCUT2D eigenvalue weighted by Crippen LogP contribution is -2.49. The van der Waals surface area contributed by atoms with E-state index < -0.39 is 0 Å². The highest BCUT2D eigenvalue weighted by Gasteiger charge is 2.74. The minimum atomic E-state index is -0.214. The van der Waals surface area contributed by atoms with Crippen molar-refractivity contribution in [3.05, 3.63) is 116 Å². The van der Waals surface area contributed by atoms with E-state index in [9.17, 15) is 11.8 Å². The third kappa shape index (κ3) is 5.52. The molecule has 8 aliphatic carbocycles. The molecule has 0 amide bonds. The average Bonchev–Trinajstić information content (AvgIpc) is 3.52. The van der Waals surface area contributed by atoms with Gasteiger partial charge in [-0.25, -0.2) is 4.85 Å². The van der Waals surface area contributed by atoms with Gasteiger partial charge in [0.1, 0.15) is 0 Å². The van der Waals surface area contributed by atoms with Gasteiger partial charge in [-0.05, 0) is 199 Å². The molecule has 5 aromatic carbocycles. The SMILES string of the molecule is [C-]#[N+]c1cc2c(c3c1C1(c4ccc(C(C)(C)C)cc4-3)C3(CCCC3)CCC13CCCC3)c1c(C(C)(C)C)cc(C(C)(C)C)c3c4c5c(c(C#N)cc4n2c31)C1(c2ccc(C(C)(C)C)cc2-5)C2(CCCC2)CCC12CCCC2. The van der Waals surface area contributed by atoms with Crippen molar-refractivity contribution in [3.8, 4) is 28.3 Å². The molecule has 2 heterocycles. The molecule has 3 heteroatoms. The molecule has 0 radical (unpaired) electrons. The van der Waals surface area contributed by atoms with Crippen LogP contribution in [-0.4, -0.2) is 4.40 Å². The molecule has 6 spiro atoms. The highest BCUT2D eigenvalue weighted by molar-refractivity contribution is 6.32. The summed E-state index contributed by atoms with van der Waals surface area (Å²) in [5.41, 5.74) is 22.2. The molecule has 77 heavy (non-hydrogen) atoms. The van der Waals surface area contributed by atoms with Gasteiger partial charge in [-0.3, -0.25) is 0 Å². The monoisotopic (exact) mass is 1020 g/mol. The minimum absolute atomic E-state index is 0.0426. The van der Waals surface area contributed by atoms with Crippen molar-refractivity contribution >= 4 is 43.8 Å². The van der Waals surface area contributed by atoms with Crippen LogP contribution in [-0.2, 0) is 32.5 Å². The molecule has 6 fully saturated rings. The molecule has 8 aliphatic rings. The number of hydrogen-bond donors (Lipinski definition) is 0. The van der Waals surface area contributed by atoms with Crippen LogP contribution in [0.25, 0.3) is 65.2 Å². The van der Waals surface area contributed by atoms with Crippen molar-refractivity contribution in [2.24, 2.45) is 21.7 Å². The van der Waals surface area contributed by atoms with Crippen molar-refractivity contribution in [2.45, 2.75) is 244 Å².